The summed E-state index contributed by atoms with van der Waals surface area (Å²) >= 11 is -1.20. The van der Waals surface area contributed by atoms with E-state index in [2.05, 4.69) is 41.8 Å². The zero-order valence-electron chi connectivity index (χ0n) is 14.8. The lowest BCUT2D eigenvalue weighted by atomic mass is 10.1. The summed E-state index contributed by atoms with van der Waals surface area (Å²) in [5.74, 6) is 1.03. The predicted octanol–water partition coefficient (Wildman–Crippen LogP) is 4.08. The van der Waals surface area contributed by atoms with Gasteiger partial charge in [0, 0.05) is 36.0 Å². The molecule has 0 fully saturated rings. The predicted molar refractivity (Wildman–Crippen MR) is 111 cm³/mol. The standard InChI is InChI=1S/C19H23N3OS.H2S/c1-14(2)12-22(3)18-11-7-4-8-15(18)13-24(23)19-20-16-9-5-6-10-17(16)21-19;/h4-11,14H,12-13H2,1-3H3,(H,20,21);1H2. The molecular weight excluding hydrogens is 350 g/mol. The molecule has 1 N–H and O–H groups in total. The second-order valence-electron chi connectivity index (χ2n) is 6.45. The number of fused-ring (bicyclic) bond motifs is 1. The topological polar surface area (TPSA) is 55.0 Å². The van der Waals surface area contributed by atoms with Crippen LogP contribution in [0.25, 0.3) is 11.0 Å². The first-order chi connectivity index (χ1) is 11.5. The SMILES string of the molecule is CC(C)CN(C)c1ccccc1C[S+]([O-])c1nc2ccccc2[nH]1.S. The number of nitrogens with zero attached hydrogens (tertiary/aromatic N) is 2. The third-order valence-electron chi connectivity index (χ3n) is 3.91. The third-order valence-corrected chi connectivity index (χ3v) is 5.11. The van der Waals surface area contributed by atoms with Crippen molar-refractivity contribution in [1.82, 2.24) is 9.97 Å². The van der Waals surface area contributed by atoms with Gasteiger partial charge in [0.2, 0.25) is 0 Å². The first kappa shape index (κ1) is 19.7. The van der Waals surface area contributed by atoms with E-state index >= 15 is 0 Å². The molecule has 2 aromatic carbocycles. The molecule has 0 aliphatic rings. The molecule has 0 amide bonds. The monoisotopic (exact) mass is 375 g/mol. The third kappa shape index (κ3) is 4.71. The normalized spacial score (nSPS) is 12.2. The molecule has 3 aromatic rings. The summed E-state index contributed by atoms with van der Waals surface area (Å²) in [7, 11) is 2.09. The van der Waals surface area contributed by atoms with E-state index in [9.17, 15) is 4.55 Å². The number of rotatable bonds is 6. The van der Waals surface area contributed by atoms with Gasteiger partial charge >= 0.3 is 5.16 Å². The van der Waals surface area contributed by atoms with Gasteiger partial charge < -0.3 is 9.45 Å². The molecule has 0 radical (unpaired) electrons. The maximum atomic E-state index is 12.8. The molecule has 0 bridgehead atoms. The van der Waals surface area contributed by atoms with Crippen LogP contribution >= 0.6 is 13.5 Å². The number of anilines is 1. The molecule has 1 aromatic heterocycles. The summed E-state index contributed by atoms with van der Waals surface area (Å²) in [5, 5.41) is 0.539. The number of aromatic amines is 1. The Morgan fingerprint density at radius 3 is 2.52 bits per heavy atom. The Kier molecular flexibility index (Phi) is 6.81. The van der Waals surface area contributed by atoms with Gasteiger partial charge in [-0.1, -0.05) is 44.2 Å². The van der Waals surface area contributed by atoms with Crippen molar-refractivity contribution < 1.29 is 4.55 Å². The van der Waals surface area contributed by atoms with Crippen LogP contribution in [0.15, 0.2) is 53.7 Å². The molecule has 3 rings (SSSR count). The average molecular weight is 376 g/mol. The number of H-pyrrole nitrogens is 1. The van der Waals surface area contributed by atoms with Gasteiger partial charge in [-0.25, -0.2) is 0 Å². The summed E-state index contributed by atoms with van der Waals surface area (Å²) in [6.07, 6.45) is 0. The highest BCUT2D eigenvalue weighted by Crippen LogP contribution is 2.25. The summed E-state index contributed by atoms with van der Waals surface area (Å²) in [6.45, 7) is 5.37. The molecule has 0 aliphatic heterocycles. The van der Waals surface area contributed by atoms with Crippen LogP contribution in [0.3, 0.4) is 0 Å². The van der Waals surface area contributed by atoms with Crippen molar-refractivity contribution in [2.45, 2.75) is 24.8 Å². The first-order valence-electron chi connectivity index (χ1n) is 8.16. The maximum Gasteiger partial charge on any atom is 0.321 e. The summed E-state index contributed by atoms with van der Waals surface area (Å²) in [6, 6.07) is 15.9. The highest BCUT2D eigenvalue weighted by atomic mass is 32.2. The molecule has 25 heavy (non-hydrogen) atoms. The van der Waals surface area contributed by atoms with Crippen molar-refractivity contribution in [2.75, 3.05) is 18.5 Å². The van der Waals surface area contributed by atoms with Gasteiger partial charge in [-0.2, -0.15) is 18.5 Å². The van der Waals surface area contributed by atoms with Crippen LogP contribution in [-0.4, -0.2) is 28.1 Å². The first-order valence-corrected chi connectivity index (χ1v) is 9.48. The van der Waals surface area contributed by atoms with Gasteiger partial charge in [0.05, 0.1) is 11.0 Å². The average Bonchev–Trinajstić information content (AvgIpc) is 2.99. The van der Waals surface area contributed by atoms with E-state index in [1.165, 1.54) is 0 Å². The van der Waals surface area contributed by atoms with Gasteiger partial charge in [0.1, 0.15) is 5.75 Å². The number of hydrogen-bond acceptors (Lipinski definition) is 3. The lowest BCUT2D eigenvalue weighted by Crippen LogP contribution is -2.24. The fraction of sp³-hybridized carbons (Fsp3) is 0.316. The van der Waals surface area contributed by atoms with Crippen LogP contribution in [0.4, 0.5) is 5.69 Å². The molecule has 0 saturated heterocycles. The second kappa shape index (κ2) is 8.65. The highest BCUT2D eigenvalue weighted by Gasteiger charge is 2.20. The van der Waals surface area contributed by atoms with Crippen molar-refractivity contribution in [1.29, 1.82) is 0 Å². The molecule has 1 heterocycles. The summed E-state index contributed by atoms with van der Waals surface area (Å²) in [5.41, 5.74) is 3.99. The molecule has 4 nitrogen and oxygen atoms in total. The van der Waals surface area contributed by atoms with E-state index in [1.807, 2.05) is 42.5 Å². The van der Waals surface area contributed by atoms with E-state index in [4.69, 9.17) is 0 Å². The zero-order chi connectivity index (χ0) is 17.1. The summed E-state index contributed by atoms with van der Waals surface area (Å²) in [4.78, 5) is 9.87. The quantitative estimate of drug-likeness (QED) is 0.661. The molecule has 0 saturated carbocycles. The van der Waals surface area contributed by atoms with E-state index in [0.29, 0.717) is 16.8 Å². The minimum absolute atomic E-state index is 0. The molecule has 6 heteroatoms. The van der Waals surface area contributed by atoms with E-state index in [0.717, 1.165) is 28.8 Å². The molecule has 1 unspecified atom stereocenters. The van der Waals surface area contributed by atoms with Crippen LogP contribution in [0.2, 0.25) is 0 Å². The maximum absolute atomic E-state index is 12.8. The number of aromatic nitrogens is 2. The lowest BCUT2D eigenvalue weighted by Gasteiger charge is -2.24. The molecule has 0 aliphatic carbocycles. The largest absolute Gasteiger partial charge is 0.609 e. The van der Waals surface area contributed by atoms with E-state index in [1.54, 1.807) is 0 Å². The van der Waals surface area contributed by atoms with Crippen molar-refractivity contribution >= 4 is 41.4 Å². The fourth-order valence-electron chi connectivity index (χ4n) is 2.90. The number of para-hydroxylation sites is 3. The minimum Gasteiger partial charge on any atom is -0.609 e. The van der Waals surface area contributed by atoms with Gasteiger partial charge in [0.25, 0.3) is 0 Å². The van der Waals surface area contributed by atoms with Gasteiger partial charge in [-0.15, -0.1) is 0 Å². The van der Waals surface area contributed by atoms with Gasteiger partial charge in [-0.05, 0) is 24.1 Å². The van der Waals surface area contributed by atoms with Crippen LogP contribution in [-0.2, 0) is 16.9 Å². The summed E-state index contributed by atoms with van der Waals surface area (Å²) < 4.78 is 12.8. The smallest absolute Gasteiger partial charge is 0.321 e. The molecule has 1 atom stereocenters. The Bertz CT molecular complexity index is 786. The minimum atomic E-state index is -1.20. The van der Waals surface area contributed by atoms with E-state index < -0.39 is 11.2 Å². The highest BCUT2D eigenvalue weighted by molar-refractivity contribution is 7.90. The molecular formula is C19H25N3OS2. The zero-order valence-corrected chi connectivity index (χ0v) is 16.6. The van der Waals surface area contributed by atoms with Crippen LogP contribution in [0.1, 0.15) is 19.4 Å². The second-order valence-corrected chi connectivity index (χ2v) is 7.82. The van der Waals surface area contributed by atoms with Gasteiger partial charge in [0.15, 0.2) is 0 Å². The Morgan fingerprint density at radius 1 is 1.12 bits per heavy atom. The Labute approximate surface area is 159 Å². The van der Waals surface area contributed by atoms with Crippen molar-refractivity contribution in [3.63, 3.8) is 0 Å². The number of benzene rings is 2. The van der Waals surface area contributed by atoms with Crippen LogP contribution < -0.4 is 4.90 Å². The Balaban J connectivity index is 0.00000225. The van der Waals surface area contributed by atoms with E-state index in [-0.39, 0.29) is 13.5 Å². The number of hydrogen-bond donors (Lipinski definition) is 1. The van der Waals surface area contributed by atoms with Crippen LogP contribution in [0, 0.1) is 5.92 Å². The molecule has 134 valence electrons. The Hall–Kier alpha value is -1.63. The van der Waals surface area contributed by atoms with Crippen molar-refractivity contribution in [3.8, 4) is 0 Å². The van der Waals surface area contributed by atoms with Crippen molar-refractivity contribution in [2.24, 2.45) is 5.92 Å². The van der Waals surface area contributed by atoms with Crippen molar-refractivity contribution in [3.05, 3.63) is 54.1 Å². The fourth-order valence-corrected chi connectivity index (χ4v) is 3.99. The number of nitrogens with one attached hydrogen (secondary N) is 1. The Morgan fingerprint density at radius 2 is 1.80 bits per heavy atom. The lowest BCUT2D eigenvalue weighted by molar-refractivity contribution is 0.587. The van der Waals surface area contributed by atoms with Crippen LogP contribution in [0.5, 0.6) is 0 Å². The van der Waals surface area contributed by atoms with Gasteiger partial charge in [-0.3, -0.25) is 4.98 Å². The molecule has 0 spiro atoms. The number of imidazole rings is 1.